The molecule has 0 radical (unpaired) electrons. The standard InChI is InChI=1S/C25H25N3O7/c1-5-33-25(29)22-15(3)35-24(27)18(12-26)23(22)16-7-9-20(32-4)17(11-16)13-34-21-8-6-14(2)10-19(21)28(30)31/h6-11,23H,5,13,27H2,1-4H3. The number of carbonyl (C=O) groups excluding carboxylic acids is 1. The average molecular weight is 479 g/mol. The van der Waals surface area contributed by atoms with Crippen LogP contribution in [0.4, 0.5) is 5.69 Å². The maximum Gasteiger partial charge on any atom is 0.338 e. The molecule has 35 heavy (non-hydrogen) atoms. The first kappa shape index (κ1) is 25.1. The fourth-order valence-corrected chi connectivity index (χ4v) is 3.83. The summed E-state index contributed by atoms with van der Waals surface area (Å²) in [6.07, 6.45) is 0. The van der Waals surface area contributed by atoms with Gasteiger partial charge >= 0.3 is 11.7 Å². The molecule has 2 aromatic rings. The van der Waals surface area contributed by atoms with Crippen molar-refractivity contribution in [1.29, 1.82) is 5.26 Å². The highest BCUT2D eigenvalue weighted by Crippen LogP contribution is 2.41. The number of allylic oxidation sites excluding steroid dienone is 2. The van der Waals surface area contributed by atoms with Crippen LogP contribution in [0.5, 0.6) is 11.5 Å². The number of nitro groups is 1. The molecule has 0 amide bonds. The monoisotopic (exact) mass is 479 g/mol. The van der Waals surface area contributed by atoms with Gasteiger partial charge in [-0.05, 0) is 50.1 Å². The minimum absolute atomic E-state index is 0.0601. The third-order valence-corrected chi connectivity index (χ3v) is 5.43. The van der Waals surface area contributed by atoms with E-state index in [1.165, 1.54) is 19.2 Å². The van der Waals surface area contributed by atoms with Crippen molar-refractivity contribution in [3.8, 4) is 17.6 Å². The lowest BCUT2D eigenvalue weighted by Gasteiger charge is -2.27. The van der Waals surface area contributed by atoms with Crippen LogP contribution in [0.15, 0.2) is 59.2 Å². The van der Waals surface area contributed by atoms with Gasteiger partial charge in [-0.2, -0.15) is 5.26 Å². The average Bonchev–Trinajstić information content (AvgIpc) is 2.82. The Morgan fingerprint density at radius 1 is 1.23 bits per heavy atom. The summed E-state index contributed by atoms with van der Waals surface area (Å²) in [6.45, 7) is 5.07. The Balaban J connectivity index is 2.05. The van der Waals surface area contributed by atoms with Crippen LogP contribution in [-0.4, -0.2) is 24.6 Å². The van der Waals surface area contributed by atoms with Gasteiger partial charge in [0.05, 0.1) is 30.1 Å². The summed E-state index contributed by atoms with van der Waals surface area (Å²) in [5.74, 6) is -0.778. The van der Waals surface area contributed by atoms with E-state index in [0.29, 0.717) is 16.9 Å². The molecule has 1 unspecified atom stereocenters. The van der Waals surface area contributed by atoms with Crippen molar-refractivity contribution in [2.24, 2.45) is 5.73 Å². The molecule has 1 aliphatic heterocycles. The van der Waals surface area contributed by atoms with Crippen LogP contribution >= 0.6 is 0 Å². The Morgan fingerprint density at radius 2 is 1.94 bits per heavy atom. The van der Waals surface area contributed by atoms with Gasteiger partial charge in [0.2, 0.25) is 5.88 Å². The fourth-order valence-electron chi connectivity index (χ4n) is 3.83. The molecule has 2 aromatic carbocycles. The van der Waals surface area contributed by atoms with Gasteiger partial charge in [-0.15, -0.1) is 0 Å². The first-order valence-corrected chi connectivity index (χ1v) is 10.7. The molecule has 0 saturated carbocycles. The number of rotatable bonds is 8. The Kier molecular flexibility index (Phi) is 7.61. The molecule has 0 fully saturated rings. The molecule has 0 aromatic heterocycles. The number of hydrogen-bond donors (Lipinski definition) is 1. The second-order valence-electron chi connectivity index (χ2n) is 7.70. The van der Waals surface area contributed by atoms with Gasteiger partial charge in [0, 0.05) is 11.6 Å². The molecule has 0 saturated heterocycles. The quantitative estimate of drug-likeness (QED) is 0.335. The van der Waals surface area contributed by atoms with E-state index in [1.54, 1.807) is 45.0 Å². The molecule has 0 bridgehead atoms. The van der Waals surface area contributed by atoms with E-state index in [1.807, 2.05) is 6.07 Å². The summed E-state index contributed by atoms with van der Waals surface area (Å²) in [5, 5.41) is 21.2. The normalized spacial score (nSPS) is 15.2. The van der Waals surface area contributed by atoms with Gasteiger partial charge in [0.15, 0.2) is 5.75 Å². The molecule has 182 valence electrons. The number of nitro benzene ring substituents is 1. The lowest BCUT2D eigenvalue weighted by Crippen LogP contribution is -2.25. The van der Waals surface area contributed by atoms with Gasteiger partial charge in [0.25, 0.3) is 0 Å². The SMILES string of the molecule is CCOC(=O)C1=C(C)OC(N)=C(C#N)C1c1ccc(OC)c(COc2ccc(C)cc2[N+](=O)[O-])c1. The van der Waals surface area contributed by atoms with E-state index in [-0.39, 0.29) is 47.4 Å². The Hall–Kier alpha value is -4.52. The van der Waals surface area contributed by atoms with E-state index in [0.717, 1.165) is 5.56 Å². The van der Waals surface area contributed by atoms with Crippen molar-refractivity contribution in [2.75, 3.05) is 13.7 Å². The molecule has 2 N–H and O–H groups in total. The zero-order valence-corrected chi connectivity index (χ0v) is 19.8. The maximum atomic E-state index is 12.8. The predicted octanol–water partition coefficient (Wildman–Crippen LogP) is 4.14. The molecule has 0 spiro atoms. The molecule has 3 rings (SSSR count). The number of nitrogens with zero attached hydrogens (tertiary/aromatic N) is 2. The number of benzene rings is 2. The molecular weight excluding hydrogens is 454 g/mol. The van der Waals surface area contributed by atoms with E-state index in [4.69, 9.17) is 24.7 Å². The van der Waals surface area contributed by atoms with Gasteiger partial charge in [-0.25, -0.2) is 4.79 Å². The first-order valence-electron chi connectivity index (χ1n) is 10.7. The lowest BCUT2D eigenvalue weighted by atomic mass is 9.82. The van der Waals surface area contributed by atoms with E-state index >= 15 is 0 Å². The topological polar surface area (TPSA) is 147 Å². The second-order valence-corrected chi connectivity index (χ2v) is 7.70. The fraction of sp³-hybridized carbons (Fsp3) is 0.280. The number of ether oxygens (including phenoxy) is 4. The Bertz CT molecular complexity index is 1270. The molecule has 10 heteroatoms. The van der Waals surface area contributed by atoms with E-state index < -0.39 is 16.8 Å². The smallest absolute Gasteiger partial charge is 0.338 e. The maximum absolute atomic E-state index is 12.8. The summed E-state index contributed by atoms with van der Waals surface area (Å²) in [7, 11) is 1.48. The summed E-state index contributed by atoms with van der Waals surface area (Å²) < 4.78 is 21.9. The molecular formula is C25H25N3O7. The lowest BCUT2D eigenvalue weighted by molar-refractivity contribution is -0.386. The van der Waals surface area contributed by atoms with Crippen LogP contribution in [-0.2, 0) is 20.9 Å². The van der Waals surface area contributed by atoms with Crippen LogP contribution < -0.4 is 15.2 Å². The number of nitriles is 1. The van der Waals surface area contributed by atoms with E-state index in [9.17, 15) is 20.2 Å². The molecule has 10 nitrogen and oxygen atoms in total. The highest BCUT2D eigenvalue weighted by molar-refractivity contribution is 5.92. The molecule has 1 heterocycles. The first-order chi connectivity index (χ1) is 16.7. The zero-order valence-electron chi connectivity index (χ0n) is 19.8. The van der Waals surface area contributed by atoms with Crippen LogP contribution in [0, 0.1) is 28.4 Å². The highest BCUT2D eigenvalue weighted by Gasteiger charge is 2.36. The predicted molar refractivity (Wildman–Crippen MR) is 125 cm³/mol. The van der Waals surface area contributed by atoms with Crippen LogP contribution in [0.2, 0.25) is 0 Å². The number of esters is 1. The molecule has 0 aliphatic carbocycles. The van der Waals surface area contributed by atoms with Crippen molar-refractivity contribution in [1.82, 2.24) is 0 Å². The van der Waals surface area contributed by atoms with Crippen molar-refractivity contribution in [2.45, 2.75) is 33.3 Å². The van der Waals surface area contributed by atoms with Gasteiger partial charge in [0.1, 0.15) is 29.8 Å². The third kappa shape index (κ3) is 5.19. The number of nitrogens with two attached hydrogens (primary N) is 1. The van der Waals surface area contributed by atoms with Crippen molar-refractivity contribution < 1.29 is 28.7 Å². The highest BCUT2D eigenvalue weighted by atomic mass is 16.6. The number of methoxy groups -OCH3 is 1. The van der Waals surface area contributed by atoms with Crippen molar-refractivity contribution in [3.63, 3.8) is 0 Å². The summed E-state index contributed by atoms with van der Waals surface area (Å²) in [5.41, 5.74) is 7.85. The summed E-state index contributed by atoms with van der Waals surface area (Å²) in [6, 6.07) is 11.8. The van der Waals surface area contributed by atoms with E-state index in [2.05, 4.69) is 0 Å². The molecule has 1 atom stereocenters. The van der Waals surface area contributed by atoms with Crippen LogP contribution in [0.3, 0.4) is 0 Å². The zero-order chi connectivity index (χ0) is 25.7. The molecule has 1 aliphatic rings. The van der Waals surface area contributed by atoms with Gasteiger partial charge in [-0.1, -0.05) is 12.1 Å². The Labute approximate surface area is 202 Å². The van der Waals surface area contributed by atoms with Crippen LogP contribution in [0.25, 0.3) is 0 Å². The summed E-state index contributed by atoms with van der Waals surface area (Å²) in [4.78, 5) is 23.7. The number of hydrogen-bond acceptors (Lipinski definition) is 9. The minimum Gasteiger partial charge on any atom is -0.496 e. The number of aryl methyl sites for hydroxylation is 1. The second kappa shape index (κ2) is 10.6. The number of carbonyl (C=O) groups is 1. The van der Waals surface area contributed by atoms with Crippen LogP contribution in [0.1, 0.15) is 36.5 Å². The third-order valence-electron chi connectivity index (χ3n) is 5.43. The largest absolute Gasteiger partial charge is 0.496 e. The van der Waals surface area contributed by atoms with Crippen molar-refractivity contribution in [3.05, 3.63) is 86.0 Å². The van der Waals surface area contributed by atoms with Crippen molar-refractivity contribution >= 4 is 11.7 Å². The Morgan fingerprint density at radius 3 is 2.57 bits per heavy atom. The van der Waals surface area contributed by atoms with Gasteiger partial charge in [-0.3, -0.25) is 10.1 Å². The van der Waals surface area contributed by atoms with Gasteiger partial charge < -0.3 is 24.7 Å². The minimum atomic E-state index is -0.842. The summed E-state index contributed by atoms with van der Waals surface area (Å²) >= 11 is 0.